The third-order valence-corrected chi connectivity index (χ3v) is 11.3. The monoisotopic (exact) mass is 718 g/mol. The number of nitrogens with zero attached hydrogens (tertiary/aromatic N) is 4. The Morgan fingerprint density at radius 2 is 1.74 bits per heavy atom. The minimum atomic E-state index is -0.0126. The molecule has 2 amide bonds. The van der Waals surface area contributed by atoms with Gasteiger partial charge < -0.3 is 24.8 Å². The number of aliphatic imine (C=N–C) groups is 1. The van der Waals surface area contributed by atoms with Gasteiger partial charge in [-0.1, -0.05) is 52.8 Å². The number of hydrogen-bond acceptors (Lipinski definition) is 6. The number of ether oxygens (including phenoxy) is 1. The molecule has 6 rings (SSSR count). The summed E-state index contributed by atoms with van der Waals surface area (Å²) in [6.45, 7) is 16.0. The van der Waals surface area contributed by atoms with Crippen LogP contribution < -0.4 is 10.1 Å². The molecule has 4 aromatic rings. The van der Waals surface area contributed by atoms with E-state index in [0.29, 0.717) is 32.0 Å². The van der Waals surface area contributed by atoms with Gasteiger partial charge in [-0.15, -0.1) is 0 Å². The van der Waals surface area contributed by atoms with Crippen molar-refractivity contribution in [3.63, 3.8) is 0 Å². The molecule has 2 aliphatic rings. The lowest BCUT2D eigenvalue weighted by molar-refractivity contribution is -0.138. The molecule has 9 heteroatoms. The molecular formula is C44H58N6O3. The number of amides is 2. The highest BCUT2D eigenvalue weighted by Crippen LogP contribution is 2.46. The molecule has 9 nitrogen and oxygen atoms in total. The van der Waals surface area contributed by atoms with Gasteiger partial charge in [0.25, 0.3) is 0 Å². The van der Waals surface area contributed by atoms with Gasteiger partial charge in [-0.2, -0.15) is 0 Å². The van der Waals surface area contributed by atoms with Crippen LogP contribution in [0.15, 0.2) is 47.5 Å². The van der Waals surface area contributed by atoms with Crippen molar-refractivity contribution < 1.29 is 14.3 Å². The van der Waals surface area contributed by atoms with Crippen LogP contribution in [0, 0.1) is 5.92 Å². The number of imidazole rings is 1. The van der Waals surface area contributed by atoms with Gasteiger partial charge in [0.2, 0.25) is 11.8 Å². The van der Waals surface area contributed by atoms with Crippen LogP contribution in [0.3, 0.4) is 0 Å². The van der Waals surface area contributed by atoms with E-state index in [-0.39, 0.29) is 29.8 Å². The Morgan fingerprint density at radius 3 is 2.42 bits per heavy atom. The third-order valence-electron chi connectivity index (χ3n) is 11.3. The first-order valence-electron chi connectivity index (χ1n) is 19.9. The number of hydrogen-bond donors (Lipinski definition) is 2. The van der Waals surface area contributed by atoms with Gasteiger partial charge in [-0.3, -0.25) is 14.6 Å². The number of rotatable bonds is 16. The number of aromatic amines is 1. The zero-order valence-corrected chi connectivity index (χ0v) is 33.0. The fourth-order valence-corrected chi connectivity index (χ4v) is 7.34. The quantitative estimate of drug-likeness (QED) is 0.112. The van der Waals surface area contributed by atoms with Gasteiger partial charge in [0, 0.05) is 65.8 Å². The van der Waals surface area contributed by atoms with E-state index < -0.39 is 0 Å². The molecule has 0 bridgehead atoms. The average molecular weight is 719 g/mol. The first-order chi connectivity index (χ1) is 25.6. The second-order valence-corrected chi connectivity index (χ2v) is 15.1. The van der Waals surface area contributed by atoms with Crippen molar-refractivity contribution >= 4 is 40.2 Å². The van der Waals surface area contributed by atoms with Crippen molar-refractivity contribution in [2.24, 2.45) is 10.9 Å². The maximum absolute atomic E-state index is 13.4. The Labute approximate surface area is 315 Å². The molecule has 0 spiro atoms. The lowest BCUT2D eigenvalue weighted by Gasteiger charge is -2.30. The fourth-order valence-electron chi connectivity index (χ4n) is 7.34. The summed E-state index contributed by atoms with van der Waals surface area (Å²) in [5, 5.41) is 5.52. The summed E-state index contributed by atoms with van der Waals surface area (Å²) in [7, 11) is 1.92. The molecular weight excluding hydrogens is 661 g/mol. The molecule has 1 unspecified atom stereocenters. The Balaban J connectivity index is 1.28. The minimum Gasteiger partial charge on any atom is -0.488 e. The number of carbonyl (C=O) groups excluding carboxylic acids is 2. The van der Waals surface area contributed by atoms with Crippen molar-refractivity contribution in [1.29, 1.82) is 0 Å². The lowest BCUT2D eigenvalue weighted by atomic mass is 9.92. The van der Waals surface area contributed by atoms with Crippen LogP contribution in [-0.4, -0.2) is 63.5 Å². The minimum absolute atomic E-state index is 0.0126. The van der Waals surface area contributed by atoms with Crippen molar-refractivity contribution in [2.45, 2.75) is 125 Å². The molecule has 1 fully saturated rings. The van der Waals surface area contributed by atoms with Crippen LogP contribution in [0.4, 0.5) is 11.4 Å². The molecule has 2 heterocycles. The second kappa shape index (κ2) is 16.6. The van der Waals surface area contributed by atoms with Crippen LogP contribution in [0.2, 0.25) is 0 Å². The summed E-state index contributed by atoms with van der Waals surface area (Å²) < 4.78 is 6.45. The van der Waals surface area contributed by atoms with E-state index in [9.17, 15) is 9.59 Å². The summed E-state index contributed by atoms with van der Waals surface area (Å²) in [6, 6.07) is 15.4. The van der Waals surface area contributed by atoms with E-state index >= 15 is 0 Å². The van der Waals surface area contributed by atoms with Gasteiger partial charge in [-0.05, 0) is 93.2 Å². The molecule has 1 aliphatic carbocycles. The standard InChI is InChI=1S/C44H58N6O3/c1-9-13-40(51)49(28(6)11-3)21-20-46-37-19-17-31-23-36-34-18-16-32(22-33(34)26-53-38(36)24-35(31)43(37)45-8)42-41(30-14-15-30)47-39(48-42)25-50(29(7)12-4)44(52)27(5)10-2/h16-20,22-24,27-30,45H,9-15,21,25-26H2,1-8H3,(H,47,48)/t27?,28-,29-/m0/s1. The summed E-state index contributed by atoms with van der Waals surface area (Å²) >= 11 is 0. The number of fused-ring (bicyclic) bond motifs is 4. The zero-order chi connectivity index (χ0) is 37.8. The van der Waals surface area contributed by atoms with E-state index in [2.05, 4.69) is 81.3 Å². The van der Waals surface area contributed by atoms with Crippen molar-refractivity contribution in [3.05, 3.63) is 59.5 Å². The maximum Gasteiger partial charge on any atom is 0.226 e. The van der Waals surface area contributed by atoms with E-state index in [1.165, 1.54) is 5.69 Å². The molecule has 3 atom stereocenters. The van der Waals surface area contributed by atoms with E-state index in [1.54, 1.807) is 0 Å². The van der Waals surface area contributed by atoms with Crippen LogP contribution in [0.5, 0.6) is 5.75 Å². The predicted molar refractivity (Wildman–Crippen MR) is 217 cm³/mol. The molecule has 0 saturated heterocycles. The number of anilines is 1. The zero-order valence-electron chi connectivity index (χ0n) is 33.0. The van der Waals surface area contributed by atoms with E-state index in [4.69, 9.17) is 14.7 Å². The van der Waals surface area contributed by atoms with Crippen LogP contribution >= 0.6 is 0 Å². The van der Waals surface area contributed by atoms with E-state index in [1.807, 2.05) is 43.0 Å². The van der Waals surface area contributed by atoms with Crippen LogP contribution in [-0.2, 0) is 22.7 Å². The Kier molecular flexibility index (Phi) is 11.9. The highest BCUT2D eigenvalue weighted by atomic mass is 16.5. The van der Waals surface area contributed by atoms with Gasteiger partial charge >= 0.3 is 0 Å². The summed E-state index contributed by atoms with van der Waals surface area (Å²) in [6.07, 6.45) is 8.18. The number of nitrogens with one attached hydrogen (secondary N) is 2. The van der Waals surface area contributed by atoms with E-state index in [0.717, 1.165) is 100 Å². The first kappa shape index (κ1) is 38.1. The predicted octanol–water partition coefficient (Wildman–Crippen LogP) is 10.0. The smallest absolute Gasteiger partial charge is 0.226 e. The summed E-state index contributed by atoms with van der Waals surface area (Å²) in [4.78, 5) is 43.7. The molecule has 1 aliphatic heterocycles. The molecule has 1 saturated carbocycles. The topological polar surface area (TPSA) is 103 Å². The molecule has 0 radical (unpaired) electrons. The highest BCUT2D eigenvalue weighted by molar-refractivity contribution is 6.03. The van der Waals surface area contributed by atoms with Crippen molar-refractivity contribution in [2.75, 3.05) is 18.9 Å². The van der Waals surface area contributed by atoms with Crippen LogP contribution in [0.25, 0.3) is 33.2 Å². The van der Waals surface area contributed by atoms with Gasteiger partial charge in [0.15, 0.2) is 0 Å². The summed E-state index contributed by atoms with van der Waals surface area (Å²) in [5.74, 6) is 2.53. The number of benzene rings is 3. The maximum atomic E-state index is 13.4. The number of aromatic nitrogens is 2. The van der Waals surface area contributed by atoms with Crippen molar-refractivity contribution in [1.82, 2.24) is 19.8 Å². The van der Waals surface area contributed by atoms with Gasteiger partial charge in [0.1, 0.15) is 18.2 Å². The normalized spacial score (nSPS) is 15.4. The Morgan fingerprint density at radius 1 is 0.981 bits per heavy atom. The number of carbonyl (C=O) groups is 2. The van der Waals surface area contributed by atoms with Gasteiger partial charge in [-0.25, -0.2) is 4.98 Å². The van der Waals surface area contributed by atoms with Gasteiger partial charge in [0.05, 0.1) is 30.2 Å². The van der Waals surface area contributed by atoms with Crippen molar-refractivity contribution in [3.8, 4) is 28.1 Å². The second-order valence-electron chi connectivity index (χ2n) is 15.1. The molecule has 2 N–H and O–H groups in total. The fraction of sp³-hybridized carbons (Fsp3) is 0.500. The molecule has 1 aromatic heterocycles. The third kappa shape index (κ3) is 7.99. The molecule has 282 valence electrons. The Hall–Kier alpha value is -4.66. The summed E-state index contributed by atoms with van der Waals surface area (Å²) in [5.41, 5.74) is 8.37. The first-order valence-corrected chi connectivity index (χ1v) is 19.9. The molecule has 53 heavy (non-hydrogen) atoms. The highest BCUT2D eigenvalue weighted by Gasteiger charge is 2.32. The van der Waals surface area contributed by atoms with Crippen LogP contribution in [0.1, 0.15) is 116 Å². The Bertz CT molecular complexity index is 1980. The molecule has 3 aromatic carbocycles. The number of H-pyrrole nitrogens is 1. The largest absolute Gasteiger partial charge is 0.488 e. The average Bonchev–Trinajstić information content (AvgIpc) is 3.94. The lowest BCUT2D eigenvalue weighted by Crippen LogP contribution is -2.41. The SMILES string of the molecule is CCCC(=O)N(CC=Nc1ccc2cc3c(cc2c1NC)OCc1cc(-c2nc(CN(C(=O)C(C)CC)[C@@H](C)CC)[nH]c2C2CC2)ccc1-3)[C@@H](C)CC.